The molecule has 1 saturated heterocycles. The summed E-state index contributed by atoms with van der Waals surface area (Å²) in [4.78, 5) is 18.7. The molecule has 4 nitrogen and oxygen atoms in total. The van der Waals surface area contributed by atoms with Gasteiger partial charge in [-0.1, -0.05) is 6.42 Å². The SMILES string of the molecule is CO[C@@H]1CCN(C(=O)C2CCC2)[C@H]1Cc1ccncc1. The fourth-order valence-electron chi connectivity index (χ4n) is 3.27. The third-order valence-corrected chi connectivity index (χ3v) is 4.72. The highest BCUT2D eigenvalue weighted by Gasteiger charge is 2.40. The van der Waals surface area contributed by atoms with Crippen LogP contribution in [-0.2, 0) is 16.0 Å². The molecular formula is C16H22N2O2. The van der Waals surface area contributed by atoms with E-state index in [1.165, 1.54) is 12.0 Å². The van der Waals surface area contributed by atoms with Gasteiger partial charge in [0.15, 0.2) is 0 Å². The Morgan fingerprint density at radius 1 is 1.35 bits per heavy atom. The van der Waals surface area contributed by atoms with Crippen molar-refractivity contribution < 1.29 is 9.53 Å². The maximum atomic E-state index is 12.5. The first-order valence-electron chi connectivity index (χ1n) is 7.52. The lowest BCUT2D eigenvalue weighted by atomic mass is 9.84. The second-order valence-corrected chi connectivity index (χ2v) is 5.85. The first kappa shape index (κ1) is 13.6. The number of rotatable bonds is 4. The molecule has 0 spiro atoms. The van der Waals surface area contributed by atoms with Gasteiger partial charge < -0.3 is 9.64 Å². The summed E-state index contributed by atoms with van der Waals surface area (Å²) in [7, 11) is 1.75. The van der Waals surface area contributed by atoms with Crippen molar-refractivity contribution in [2.75, 3.05) is 13.7 Å². The van der Waals surface area contributed by atoms with Crippen LogP contribution >= 0.6 is 0 Å². The zero-order valence-corrected chi connectivity index (χ0v) is 12.0. The van der Waals surface area contributed by atoms with Crippen LogP contribution < -0.4 is 0 Å². The molecule has 1 aromatic rings. The van der Waals surface area contributed by atoms with Crippen molar-refractivity contribution in [1.29, 1.82) is 0 Å². The molecule has 4 heteroatoms. The van der Waals surface area contributed by atoms with Gasteiger partial charge in [-0.3, -0.25) is 9.78 Å². The molecule has 3 rings (SSSR count). The van der Waals surface area contributed by atoms with E-state index in [0.717, 1.165) is 32.2 Å². The molecule has 0 aromatic carbocycles. The van der Waals surface area contributed by atoms with Crippen molar-refractivity contribution in [2.24, 2.45) is 5.92 Å². The number of nitrogens with zero attached hydrogens (tertiary/aromatic N) is 2. The highest BCUT2D eigenvalue weighted by molar-refractivity contribution is 5.80. The molecule has 20 heavy (non-hydrogen) atoms. The van der Waals surface area contributed by atoms with Gasteiger partial charge in [0.1, 0.15) is 0 Å². The van der Waals surface area contributed by atoms with Crippen molar-refractivity contribution in [2.45, 2.75) is 44.2 Å². The van der Waals surface area contributed by atoms with E-state index in [1.54, 1.807) is 7.11 Å². The molecule has 108 valence electrons. The van der Waals surface area contributed by atoms with Crippen LogP contribution in [0, 0.1) is 5.92 Å². The van der Waals surface area contributed by atoms with Crippen molar-refractivity contribution in [3.8, 4) is 0 Å². The lowest BCUT2D eigenvalue weighted by Crippen LogP contribution is -2.45. The number of hydrogen-bond acceptors (Lipinski definition) is 3. The van der Waals surface area contributed by atoms with E-state index in [2.05, 4.69) is 9.88 Å². The molecule has 2 fully saturated rings. The Morgan fingerprint density at radius 2 is 2.10 bits per heavy atom. The number of methoxy groups -OCH3 is 1. The van der Waals surface area contributed by atoms with Crippen LogP contribution in [0.5, 0.6) is 0 Å². The molecule has 1 aliphatic heterocycles. The van der Waals surface area contributed by atoms with E-state index < -0.39 is 0 Å². The van der Waals surface area contributed by atoms with E-state index in [9.17, 15) is 4.79 Å². The third kappa shape index (κ3) is 2.57. The monoisotopic (exact) mass is 274 g/mol. The summed E-state index contributed by atoms with van der Waals surface area (Å²) < 4.78 is 5.60. The maximum absolute atomic E-state index is 12.5. The highest BCUT2D eigenvalue weighted by atomic mass is 16.5. The molecule has 1 aliphatic carbocycles. The molecule has 2 atom stereocenters. The smallest absolute Gasteiger partial charge is 0.226 e. The maximum Gasteiger partial charge on any atom is 0.226 e. The van der Waals surface area contributed by atoms with Gasteiger partial charge in [-0.25, -0.2) is 0 Å². The molecule has 2 heterocycles. The minimum absolute atomic E-state index is 0.159. The van der Waals surface area contributed by atoms with Gasteiger partial charge in [0.25, 0.3) is 0 Å². The summed E-state index contributed by atoms with van der Waals surface area (Å²) in [6.07, 6.45) is 8.92. The summed E-state index contributed by atoms with van der Waals surface area (Å²) in [5.74, 6) is 0.611. The summed E-state index contributed by atoms with van der Waals surface area (Å²) in [5.41, 5.74) is 1.22. The second-order valence-electron chi connectivity index (χ2n) is 5.85. The number of aromatic nitrogens is 1. The van der Waals surface area contributed by atoms with Crippen LogP contribution in [0.15, 0.2) is 24.5 Å². The van der Waals surface area contributed by atoms with Crippen LogP contribution in [0.1, 0.15) is 31.2 Å². The first-order chi connectivity index (χ1) is 9.79. The lowest BCUT2D eigenvalue weighted by molar-refractivity contribution is -0.140. The fraction of sp³-hybridized carbons (Fsp3) is 0.625. The van der Waals surface area contributed by atoms with E-state index in [-0.39, 0.29) is 18.1 Å². The van der Waals surface area contributed by atoms with Gasteiger partial charge >= 0.3 is 0 Å². The molecule has 0 unspecified atom stereocenters. The zero-order chi connectivity index (χ0) is 13.9. The van der Waals surface area contributed by atoms with E-state index in [4.69, 9.17) is 4.74 Å². The van der Waals surface area contributed by atoms with E-state index in [1.807, 2.05) is 24.5 Å². The molecule has 0 N–H and O–H groups in total. The van der Waals surface area contributed by atoms with Crippen LogP contribution in [0.3, 0.4) is 0 Å². The van der Waals surface area contributed by atoms with Crippen molar-refractivity contribution >= 4 is 5.91 Å². The van der Waals surface area contributed by atoms with Crippen LogP contribution in [0.25, 0.3) is 0 Å². The number of pyridine rings is 1. The summed E-state index contributed by atoms with van der Waals surface area (Å²) in [6, 6.07) is 4.23. The van der Waals surface area contributed by atoms with Crippen molar-refractivity contribution in [3.05, 3.63) is 30.1 Å². The predicted molar refractivity (Wildman–Crippen MR) is 76.2 cm³/mol. The molecule has 2 aliphatic rings. The molecule has 1 aromatic heterocycles. The Labute approximate surface area is 120 Å². The molecule has 0 bridgehead atoms. The van der Waals surface area contributed by atoms with Crippen molar-refractivity contribution in [1.82, 2.24) is 9.88 Å². The van der Waals surface area contributed by atoms with Gasteiger partial charge in [-0.15, -0.1) is 0 Å². The average Bonchev–Trinajstić information content (AvgIpc) is 2.80. The summed E-state index contributed by atoms with van der Waals surface area (Å²) in [6.45, 7) is 0.837. The third-order valence-electron chi connectivity index (χ3n) is 4.72. The fourth-order valence-corrected chi connectivity index (χ4v) is 3.27. The lowest BCUT2D eigenvalue weighted by Gasteiger charge is -2.34. The summed E-state index contributed by atoms with van der Waals surface area (Å²) >= 11 is 0. The number of amides is 1. The van der Waals surface area contributed by atoms with Gasteiger partial charge in [0.2, 0.25) is 5.91 Å². The topological polar surface area (TPSA) is 42.4 Å². The zero-order valence-electron chi connectivity index (χ0n) is 12.0. The van der Waals surface area contributed by atoms with Gasteiger partial charge in [-0.2, -0.15) is 0 Å². The minimum Gasteiger partial charge on any atom is -0.379 e. The number of carbonyl (C=O) groups excluding carboxylic acids is 1. The Hall–Kier alpha value is -1.42. The average molecular weight is 274 g/mol. The van der Waals surface area contributed by atoms with Crippen molar-refractivity contribution in [3.63, 3.8) is 0 Å². The predicted octanol–water partition coefficient (Wildman–Crippen LogP) is 2.04. The Kier molecular flexibility index (Phi) is 4.01. The Bertz CT molecular complexity index is 459. The highest BCUT2D eigenvalue weighted by Crippen LogP contribution is 2.32. The molecule has 0 radical (unpaired) electrons. The van der Waals surface area contributed by atoms with Crippen LogP contribution in [0.4, 0.5) is 0 Å². The number of likely N-dealkylation sites (tertiary alicyclic amines) is 1. The minimum atomic E-state index is 0.159. The van der Waals surface area contributed by atoms with Gasteiger partial charge in [-0.05, 0) is 43.4 Å². The molecular weight excluding hydrogens is 252 g/mol. The Balaban J connectivity index is 1.73. The quantitative estimate of drug-likeness (QED) is 0.844. The standard InChI is InChI=1S/C16H22N2O2/c1-20-15-7-10-18(16(19)13-3-2-4-13)14(15)11-12-5-8-17-9-6-12/h5-6,8-9,13-15H,2-4,7,10-11H2,1H3/t14-,15+/m0/s1. The van der Waals surface area contributed by atoms with Crippen LogP contribution in [0.2, 0.25) is 0 Å². The molecule has 1 amide bonds. The number of hydrogen-bond donors (Lipinski definition) is 0. The summed E-state index contributed by atoms with van der Waals surface area (Å²) in [5, 5.41) is 0. The van der Waals surface area contributed by atoms with E-state index >= 15 is 0 Å². The largest absolute Gasteiger partial charge is 0.379 e. The van der Waals surface area contributed by atoms with Gasteiger partial charge in [0, 0.05) is 32.0 Å². The first-order valence-corrected chi connectivity index (χ1v) is 7.52. The van der Waals surface area contributed by atoms with Crippen LogP contribution in [-0.4, -0.2) is 41.6 Å². The number of carbonyl (C=O) groups is 1. The van der Waals surface area contributed by atoms with Gasteiger partial charge in [0.05, 0.1) is 12.1 Å². The second kappa shape index (κ2) is 5.92. The normalized spacial score (nSPS) is 26.6. The Morgan fingerprint density at radius 3 is 2.70 bits per heavy atom. The number of ether oxygens (including phenoxy) is 1. The van der Waals surface area contributed by atoms with E-state index in [0.29, 0.717) is 5.91 Å². The molecule has 1 saturated carbocycles.